The largest absolute Gasteiger partial charge is 0.372 e. The van der Waals surface area contributed by atoms with E-state index in [1.165, 1.54) is 0 Å². The second-order valence-electron chi connectivity index (χ2n) is 4.08. The summed E-state index contributed by atoms with van der Waals surface area (Å²) in [7, 11) is 0. The lowest BCUT2D eigenvalue weighted by Gasteiger charge is -2.37. The molecule has 0 radical (unpaired) electrons. The normalized spacial score (nSPS) is 17.8. The van der Waals surface area contributed by atoms with Crippen molar-refractivity contribution in [2.45, 2.75) is 9.87 Å². The van der Waals surface area contributed by atoms with Crippen LogP contribution in [0.5, 0.6) is 0 Å². The zero-order valence-corrected chi connectivity index (χ0v) is 11.4. The fraction of sp³-hybridized carbons (Fsp3) is 0.143. The monoisotopic (exact) mass is 278 g/mol. The van der Waals surface area contributed by atoms with E-state index in [1.54, 1.807) is 48.5 Å². The van der Waals surface area contributed by atoms with Crippen LogP contribution < -0.4 is 0 Å². The summed E-state index contributed by atoms with van der Waals surface area (Å²) in [6.07, 6.45) is 0. The van der Waals surface area contributed by atoms with Gasteiger partial charge < -0.3 is 10.2 Å². The number of hydrogen-bond acceptors (Lipinski definition) is 4. The zero-order valence-electron chi connectivity index (χ0n) is 9.56. The standard InChI is InChI=1S/C14H14O2S2/c15-13(17,11-7-3-1-4-8-11)14(16,18)12-9-5-2-6-10-12/h1-10,15-18H/t13-,14-/m1/s1. The molecule has 0 heterocycles. The molecule has 0 unspecified atom stereocenters. The first-order valence-electron chi connectivity index (χ1n) is 5.47. The maximum atomic E-state index is 10.5. The Morgan fingerprint density at radius 3 is 1.17 bits per heavy atom. The quantitative estimate of drug-likeness (QED) is 0.515. The van der Waals surface area contributed by atoms with Crippen molar-refractivity contribution >= 4 is 25.3 Å². The molecule has 0 aromatic heterocycles. The molecule has 0 saturated carbocycles. The molecule has 0 bridgehead atoms. The molecule has 0 aliphatic rings. The topological polar surface area (TPSA) is 40.5 Å². The van der Waals surface area contributed by atoms with Gasteiger partial charge in [0.25, 0.3) is 0 Å². The summed E-state index contributed by atoms with van der Waals surface area (Å²) in [4.78, 5) is -3.59. The van der Waals surface area contributed by atoms with Crippen molar-refractivity contribution < 1.29 is 10.2 Å². The van der Waals surface area contributed by atoms with Crippen molar-refractivity contribution in [3.63, 3.8) is 0 Å². The third-order valence-corrected chi connectivity index (χ3v) is 4.18. The van der Waals surface area contributed by atoms with Gasteiger partial charge in [-0.2, -0.15) is 0 Å². The predicted molar refractivity (Wildman–Crippen MR) is 78.6 cm³/mol. The molecule has 2 rings (SSSR count). The van der Waals surface area contributed by atoms with Crippen molar-refractivity contribution in [1.82, 2.24) is 0 Å². The third-order valence-electron chi connectivity index (χ3n) is 2.84. The van der Waals surface area contributed by atoms with Crippen molar-refractivity contribution in [1.29, 1.82) is 0 Å². The summed E-state index contributed by atoms with van der Waals surface area (Å²) >= 11 is 8.39. The van der Waals surface area contributed by atoms with E-state index >= 15 is 0 Å². The van der Waals surface area contributed by atoms with Crippen molar-refractivity contribution in [2.24, 2.45) is 0 Å². The van der Waals surface area contributed by atoms with Gasteiger partial charge in [-0.3, -0.25) is 0 Å². The van der Waals surface area contributed by atoms with E-state index in [0.717, 1.165) is 0 Å². The summed E-state index contributed by atoms with van der Waals surface area (Å²) in [5, 5.41) is 21.0. The maximum Gasteiger partial charge on any atom is 0.175 e. The van der Waals surface area contributed by atoms with Gasteiger partial charge in [-0.05, 0) is 11.1 Å². The van der Waals surface area contributed by atoms with Crippen molar-refractivity contribution in [2.75, 3.05) is 0 Å². The Hall–Kier alpha value is -0.940. The molecule has 0 saturated heterocycles. The molecule has 2 aromatic rings. The lowest BCUT2D eigenvalue weighted by atomic mass is 9.97. The molecular formula is C14H14O2S2. The Bertz CT molecular complexity index is 460. The Labute approximate surface area is 117 Å². The first-order chi connectivity index (χ1) is 8.46. The molecular weight excluding hydrogens is 264 g/mol. The number of thiol groups is 2. The molecule has 4 heteroatoms. The molecule has 0 spiro atoms. The van der Waals surface area contributed by atoms with Gasteiger partial charge in [0.1, 0.15) is 0 Å². The second kappa shape index (κ2) is 4.97. The van der Waals surface area contributed by atoms with Gasteiger partial charge >= 0.3 is 0 Å². The smallest absolute Gasteiger partial charge is 0.175 e. The van der Waals surface area contributed by atoms with Crippen LogP contribution in [0.2, 0.25) is 0 Å². The van der Waals surface area contributed by atoms with Crippen LogP contribution in [0.1, 0.15) is 11.1 Å². The highest BCUT2D eigenvalue weighted by molar-refractivity contribution is 7.85. The molecule has 2 N–H and O–H groups in total. The highest BCUT2D eigenvalue weighted by Gasteiger charge is 2.46. The van der Waals surface area contributed by atoms with Gasteiger partial charge in [0.15, 0.2) is 9.87 Å². The molecule has 0 amide bonds. The fourth-order valence-electron chi connectivity index (χ4n) is 1.74. The molecule has 0 fully saturated rings. The van der Waals surface area contributed by atoms with Gasteiger partial charge in [-0.25, -0.2) is 0 Å². The van der Waals surface area contributed by atoms with Crippen LogP contribution in [0.4, 0.5) is 0 Å². The lowest BCUT2D eigenvalue weighted by molar-refractivity contribution is -0.0362. The van der Waals surface area contributed by atoms with Crippen LogP contribution in [-0.4, -0.2) is 10.2 Å². The zero-order chi connectivity index (χ0) is 13.2. The molecule has 0 aliphatic heterocycles. The summed E-state index contributed by atoms with van der Waals surface area (Å²) in [6, 6.07) is 17.5. The van der Waals surface area contributed by atoms with Crippen molar-refractivity contribution in [3.05, 3.63) is 71.8 Å². The van der Waals surface area contributed by atoms with Gasteiger partial charge in [0.2, 0.25) is 0 Å². The number of aliphatic hydroxyl groups is 2. The lowest BCUT2D eigenvalue weighted by Crippen LogP contribution is -2.41. The van der Waals surface area contributed by atoms with Gasteiger partial charge in [-0.15, -0.1) is 25.3 Å². The highest BCUT2D eigenvalue weighted by Crippen LogP contribution is 2.45. The van der Waals surface area contributed by atoms with E-state index in [-0.39, 0.29) is 0 Å². The first-order valence-corrected chi connectivity index (χ1v) is 6.36. The average Bonchev–Trinajstić information content (AvgIpc) is 2.40. The van der Waals surface area contributed by atoms with Gasteiger partial charge in [-0.1, -0.05) is 60.7 Å². The van der Waals surface area contributed by atoms with Crippen LogP contribution in [0.25, 0.3) is 0 Å². The Morgan fingerprint density at radius 1 is 0.611 bits per heavy atom. The minimum Gasteiger partial charge on any atom is -0.372 e. The number of hydrogen-bond donors (Lipinski definition) is 4. The average molecular weight is 278 g/mol. The summed E-state index contributed by atoms with van der Waals surface area (Å²) in [5.41, 5.74) is 0.962. The SMILES string of the molecule is O[C@@](S)(c1ccccc1)[C@](O)(S)c1ccccc1. The molecule has 18 heavy (non-hydrogen) atoms. The van der Waals surface area contributed by atoms with E-state index in [4.69, 9.17) is 0 Å². The number of rotatable bonds is 3. The van der Waals surface area contributed by atoms with Gasteiger partial charge in [0, 0.05) is 0 Å². The molecule has 94 valence electrons. The molecule has 2 nitrogen and oxygen atoms in total. The van der Waals surface area contributed by atoms with Crippen LogP contribution in [-0.2, 0) is 9.87 Å². The van der Waals surface area contributed by atoms with Crippen molar-refractivity contribution in [3.8, 4) is 0 Å². The van der Waals surface area contributed by atoms with E-state index in [9.17, 15) is 10.2 Å². The van der Waals surface area contributed by atoms with Crippen LogP contribution >= 0.6 is 25.3 Å². The first kappa shape index (κ1) is 13.5. The minimum atomic E-state index is -1.79. The van der Waals surface area contributed by atoms with Crippen LogP contribution in [0.15, 0.2) is 60.7 Å². The molecule has 0 aliphatic carbocycles. The van der Waals surface area contributed by atoms with E-state index in [0.29, 0.717) is 11.1 Å². The Morgan fingerprint density at radius 2 is 0.889 bits per heavy atom. The van der Waals surface area contributed by atoms with E-state index < -0.39 is 9.87 Å². The fourth-order valence-corrected chi connectivity index (χ4v) is 2.30. The summed E-state index contributed by atoms with van der Waals surface area (Å²) < 4.78 is 0. The number of benzene rings is 2. The Balaban J connectivity index is 2.47. The van der Waals surface area contributed by atoms with Crippen LogP contribution in [0, 0.1) is 0 Å². The van der Waals surface area contributed by atoms with Crippen LogP contribution in [0.3, 0.4) is 0 Å². The van der Waals surface area contributed by atoms with E-state index in [1.807, 2.05) is 12.1 Å². The predicted octanol–water partition coefficient (Wildman–Crippen LogP) is 2.54. The molecule has 2 atom stereocenters. The van der Waals surface area contributed by atoms with Gasteiger partial charge in [0.05, 0.1) is 0 Å². The Kier molecular flexibility index (Phi) is 3.73. The minimum absolute atomic E-state index is 0.481. The molecule has 2 aromatic carbocycles. The summed E-state index contributed by atoms with van der Waals surface area (Å²) in [5.74, 6) is 0. The highest BCUT2D eigenvalue weighted by atomic mass is 32.1. The maximum absolute atomic E-state index is 10.5. The second-order valence-corrected chi connectivity index (χ2v) is 5.37. The van der Waals surface area contributed by atoms with E-state index in [2.05, 4.69) is 25.3 Å². The summed E-state index contributed by atoms with van der Waals surface area (Å²) in [6.45, 7) is 0. The third kappa shape index (κ3) is 2.29.